The minimum absolute atomic E-state index is 0.0514. The number of aryl methyl sites for hydroxylation is 1. The molecule has 0 saturated heterocycles. The Kier molecular flexibility index (Phi) is 5.16. The van der Waals surface area contributed by atoms with Crippen molar-refractivity contribution in [3.63, 3.8) is 0 Å². The summed E-state index contributed by atoms with van der Waals surface area (Å²) in [5.74, 6) is 0.0660. The maximum Gasteiger partial charge on any atom is 0.220 e. The quantitative estimate of drug-likeness (QED) is 0.821. The molecule has 0 saturated carbocycles. The van der Waals surface area contributed by atoms with Gasteiger partial charge >= 0.3 is 0 Å². The Labute approximate surface area is 103 Å². The SMILES string of the molecule is Cc1cccc([C@@H](C)NC(=O)CCC(C)N)c1. The molecule has 1 unspecified atom stereocenters. The smallest absolute Gasteiger partial charge is 0.220 e. The number of rotatable bonds is 5. The Morgan fingerprint density at radius 1 is 1.41 bits per heavy atom. The van der Waals surface area contributed by atoms with Crippen molar-refractivity contribution in [3.8, 4) is 0 Å². The second-order valence-electron chi connectivity index (χ2n) is 4.72. The normalized spacial score (nSPS) is 14.1. The fraction of sp³-hybridized carbons (Fsp3) is 0.500. The van der Waals surface area contributed by atoms with Crippen LogP contribution in [0.25, 0.3) is 0 Å². The first kappa shape index (κ1) is 13.7. The van der Waals surface area contributed by atoms with E-state index < -0.39 is 0 Å². The standard InChI is InChI=1S/C14H22N2O/c1-10-5-4-6-13(9-10)12(3)16-14(17)8-7-11(2)15/h4-6,9,11-12H,7-8,15H2,1-3H3,(H,16,17)/t11?,12-/m1/s1. The average Bonchev–Trinajstić information content (AvgIpc) is 2.26. The summed E-state index contributed by atoms with van der Waals surface area (Å²) in [6.45, 7) is 5.96. The fourth-order valence-electron chi connectivity index (χ4n) is 1.70. The predicted octanol–water partition coefficient (Wildman–Crippen LogP) is 2.30. The van der Waals surface area contributed by atoms with Gasteiger partial charge in [0, 0.05) is 12.5 Å². The van der Waals surface area contributed by atoms with Crippen molar-refractivity contribution in [2.45, 2.75) is 45.7 Å². The Morgan fingerprint density at radius 3 is 2.71 bits per heavy atom. The van der Waals surface area contributed by atoms with Crippen molar-refractivity contribution in [2.75, 3.05) is 0 Å². The molecular formula is C14H22N2O. The van der Waals surface area contributed by atoms with E-state index in [1.54, 1.807) is 0 Å². The van der Waals surface area contributed by atoms with Crippen molar-refractivity contribution < 1.29 is 4.79 Å². The Hall–Kier alpha value is -1.35. The molecule has 0 radical (unpaired) electrons. The van der Waals surface area contributed by atoms with Crippen LogP contribution >= 0.6 is 0 Å². The van der Waals surface area contributed by atoms with Crippen LogP contribution in [0.3, 0.4) is 0 Å². The lowest BCUT2D eigenvalue weighted by molar-refractivity contribution is -0.121. The maximum absolute atomic E-state index is 11.6. The van der Waals surface area contributed by atoms with E-state index in [4.69, 9.17) is 5.73 Å². The van der Waals surface area contributed by atoms with Gasteiger partial charge in [0.2, 0.25) is 5.91 Å². The van der Waals surface area contributed by atoms with E-state index in [0.29, 0.717) is 6.42 Å². The zero-order chi connectivity index (χ0) is 12.8. The number of benzene rings is 1. The van der Waals surface area contributed by atoms with Gasteiger partial charge in [-0.3, -0.25) is 4.79 Å². The van der Waals surface area contributed by atoms with Crippen LogP contribution in [0.1, 0.15) is 43.9 Å². The molecule has 0 aliphatic carbocycles. The van der Waals surface area contributed by atoms with E-state index in [1.807, 2.05) is 39.0 Å². The topological polar surface area (TPSA) is 55.1 Å². The van der Waals surface area contributed by atoms with Crippen LogP contribution in [0, 0.1) is 6.92 Å². The minimum atomic E-state index is 0.0514. The van der Waals surface area contributed by atoms with E-state index in [-0.39, 0.29) is 18.0 Å². The molecule has 1 rings (SSSR count). The molecule has 17 heavy (non-hydrogen) atoms. The highest BCUT2D eigenvalue weighted by molar-refractivity contribution is 5.76. The monoisotopic (exact) mass is 234 g/mol. The van der Waals surface area contributed by atoms with Gasteiger partial charge in [0.1, 0.15) is 0 Å². The van der Waals surface area contributed by atoms with E-state index in [1.165, 1.54) is 5.56 Å². The molecule has 0 aromatic heterocycles. The third-order valence-corrected chi connectivity index (χ3v) is 2.75. The van der Waals surface area contributed by atoms with Gasteiger partial charge in [-0.05, 0) is 32.8 Å². The highest BCUT2D eigenvalue weighted by Gasteiger charge is 2.09. The Morgan fingerprint density at radius 2 is 2.12 bits per heavy atom. The summed E-state index contributed by atoms with van der Waals surface area (Å²) in [5.41, 5.74) is 7.97. The number of hydrogen-bond acceptors (Lipinski definition) is 2. The molecule has 0 bridgehead atoms. The largest absolute Gasteiger partial charge is 0.350 e. The number of carbonyl (C=O) groups is 1. The van der Waals surface area contributed by atoms with Crippen LogP contribution in [0.15, 0.2) is 24.3 Å². The van der Waals surface area contributed by atoms with Crippen molar-refractivity contribution in [1.29, 1.82) is 0 Å². The van der Waals surface area contributed by atoms with E-state index >= 15 is 0 Å². The molecule has 3 nitrogen and oxygen atoms in total. The second-order valence-corrected chi connectivity index (χ2v) is 4.72. The van der Waals surface area contributed by atoms with Crippen LogP contribution in [0.4, 0.5) is 0 Å². The highest BCUT2D eigenvalue weighted by Crippen LogP contribution is 2.13. The predicted molar refractivity (Wildman–Crippen MR) is 70.6 cm³/mol. The lowest BCUT2D eigenvalue weighted by Gasteiger charge is -2.15. The third kappa shape index (κ3) is 5.00. The first-order chi connectivity index (χ1) is 7.99. The van der Waals surface area contributed by atoms with Crippen LogP contribution in [-0.4, -0.2) is 11.9 Å². The molecule has 3 N–H and O–H groups in total. The first-order valence-corrected chi connectivity index (χ1v) is 6.10. The number of nitrogens with one attached hydrogen (secondary N) is 1. The first-order valence-electron chi connectivity index (χ1n) is 6.10. The van der Waals surface area contributed by atoms with Crippen molar-refractivity contribution in [1.82, 2.24) is 5.32 Å². The number of carbonyl (C=O) groups excluding carboxylic acids is 1. The molecule has 0 spiro atoms. The van der Waals surface area contributed by atoms with Crippen LogP contribution in [-0.2, 0) is 4.79 Å². The summed E-state index contributed by atoms with van der Waals surface area (Å²) < 4.78 is 0. The van der Waals surface area contributed by atoms with Crippen molar-refractivity contribution in [3.05, 3.63) is 35.4 Å². The summed E-state index contributed by atoms with van der Waals surface area (Å²) >= 11 is 0. The number of nitrogens with two attached hydrogens (primary N) is 1. The van der Waals surface area contributed by atoms with Crippen LogP contribution in [0.2, 0.25) is 0 Å². The highest BCUT2D eigenvalue weighted by atomic mass is 16.1. The number of hydrogen-bond donors (Lipinski definition) is 2. The van der Waals surface area contributed by atoms with Gasteiger partial charge in [-0.25, -0.2) is 0 Å². The molecule has 1 aromatic carbocycles. The summed E-state index contributed by atoms with van der Waals surface area (Å²) in [7, 11) is 0. The lowest BCUT2D eigenvalue weighted by atomic mass is 10.1. The average molecular weight is 234 g/mol. The summed E-state index contributed by atoms with van der Waals surface area (Å²) in [5, 5.41) is 2.98. The molecule has 1 amide bonds. The molecule has 0 aliphatic rings. The molecule has 3 heteroatoms. The van der Waals surface area contributed by atoms with Gasteiger partial charge in [0.15, 0.2) is 0 Å². The van der Waals surface area contributed by atoms with E-state index in [0.717, 1.165) is 12.0 Å². The fourth-order valence-corrected chi connectivity index (χ4v) is 1.70. The minimum Gasteiger partial charge on any atom is -0.350 e. The molecule has 0 heterocycles. The Bertz CT molecular complexity index is 374. The van der Waals surface area contributed by atoms with Crippen LogP contribution in [0.5, 0.6) is 0 Å². The zero-order valence-corrected chi connectivity index (χ0v) is 10.9. The van der Waals surface area contributed by atoms with E-state index in [9.17, 15) is 4.79 Å². The Balaban J connectivity index is 2.48. The maximum atomic E-state index is 11.6. The van der Waals surface area contributed by atoms with Gasteiger partial charge in [0.05, 0.1) is 6.04 Å². The van der Waals surface area contributed by atoms with Gasteiger partial charge in [-0.15, -0.1) is 0 Å². The van der Waals surface area contributed by atoms with Gasteiger partial charge < -0.3 is 11.1 Å². The lowest BCUT2D eigenvalue weighted by Crippen LogP contribution is -2.28. The molecule has 0 aliphatic heterocycles. The van der Waals surface area contributed by atoms with Gasteiger partial charge in [-0.2, -0.15) is 0 Å². The second kappa shape index (κ2) is 6.40. The van der Waals surface area contributed by atoms with Crippen LogP contribution < -0.4 is 11.1 Å². The van der Waals surface area contributed by atoms with Crippen molar-refractivity contribution in [2.24, 2.45) is 5.73 Å². The van der Waals surface area contributed by atoms with Crippen molar-refractivity contribution >= 4 is 5.91 Å². The third-order valence-electron chi connectivity index (χ3n) is 2.75. The molecule has 94 valence electrons. The van der Waals surface area contributed by atoms with Gasteiger partial charge in [0.25, 0.3) is 0 Å². The molecule has 1 aromatic rings. The molecular weight excluding hydrogens is 212 g/mol. The number of amides is 1. The van der Waals surface area contributed by atoms with Gasteiger partial charge in [-0.1, -0.05) is 29.8 Å². The summed E-state index contributed by atoms with van der Waals surface area (Å²) in [6.07, 6.45) is 1.22. The molecule has 2 atom stereocenters. The summed E-state index contributed by atoms with van der Waals surface area (Å²) in [4.78, 5) is 11.6. The zero-order valence-electron chi connectivity index (χ0n) is 10.9. The summed E-state index contributed by atoms with van der Waals surface area (Å²) in [6, 6.07) is 8.31. The molecule has 0 fully saturated rings. The van der Waals surface area contributed by atoms with E-state index in [2.05, 4.69) is 11.4 Å².